The maximum Gasteiger partial charge on any atom is 0.321 e. The Bertz CT molecular complexity index is 1100. The summed E-state index contributed by atoms with van der Waals surface area (Å²) in [7, 11) is -3.90. The fourth-order valence-corrected chi connectivity index (χ4v) is 3.76. The minimum absolute atomic E-state index is 0.0136. The number of aromatic nitrogens is 2. The fourth-order valence-electron chi connectivity index (χ4n) is 2.39. The Morgan fingerprint density at radius 1 is 1.22 bits per heavy atom. The zero-order valence-corrected chi connectivity index (χ0v) is 15.3. The number of primary sulfonamides is 1. The van der Waals surface area contributed by atoms with Gasteiger partial charge in [0, 0.05) is 5.69 Å². The molecule has 0 bridgehead atoms. The first-order valence-corrected chi connectivity index (χ1v) is 10.1. The predicted octanol–water partition coefficient (Wildman–Crippen LogP) is 2.81. The van der Waals surface area contributed by atoms with Crippen LogP contribution in [-0.2, 0) is 14.8 Å². The molecular weight excluding hydrogens is 398 g/mol. The summed E-state index contributed by atoms with van der Waals surface area (Å²) in [4.78, 5) is 16.1. The first kappa shape index (κ1) is 19.3. The van der Waals surface area contributed by atoms with E-state index in [-0.39, 0.29) is 27.0 Å². The number of fused-ring (bicyclic) bond motifs is 1. The van der Waals surface area contributed by atoms with Gasteiger partial charge in [-0.15, -0.1) is 0 Å². The van der Waals surface area contributed by atoms with Gasteiger partial charge in [-0.1, -0.05) is 30.0 Å². The van der Waals surface area contributed by atoms with Gasteiger partial charge in [0.05, 0.1) is 21.7 Å². The number of thioether (sulfide) groups is 1. The second kappa shape index (κ2) is 7.62. The second-order valence-corrected chi connectivity index (χ2v) is 7.94. The predicted molar refractivity (Wildman–Crippen MR) is 98.2 cm³/mol. The van der Waals surface area contributed by atoms with Gasteiger partial charge in [0.2, 0.25) is 15.9 Å². The highest BCUT2D eigenvalue weighted by molar-refractivity contribution is 7.99. The maximum atomic E-state index is 13.4. The highest BCUT2D eigenvalue weighted by Crippen LogP contribution is 2.29. The highest BCUT2D eigenvalue weighted by Gasteiger charge is 2.19. The van der Waals surface area contributed by atoms with Crippen LogP contribution in [0, 0.1) is 0 Å². The molecule has 3 aromatic rings. The molecule has 27 heavy (non-hydrogen) atoms. The minimum Gasteiger partial charge on any atom is -0.325 e. The summed E-state index contributed by atoms with van der Waals surface area (Å²) < 4.78 is 50.2. The Kier molecular flexibility index (Phi) is 5.44. The van der Waals surface area contributed by atoms with E-state index in [4.69, 9.17) is 5.14 Å². The van der Waals surface area contributed by atoms with Gasteiger partial charge < -0.3 is 5.32 Å². The molecule has 0 saturated heterocycles. The van der Waals surface area contributed by atoms with Crippen LogP contribution in [0.15, 0.2) is 58.6 Å². The molecule has 7 nitrogen and oxygen atoms in total. The van der Waals surface area contributed by atoms with Crippen molar-refractivity contribution in [1.82, 2.24) is 9.55 Å². The van der Waals surface area contributed by atoms with E-state index in [0.29, 0.717) is 5.52 Å². The SMILES string of the molecule is NS(=O)(=O)c1cccc(NC(=O)CSc2nc3ccccc3n2C(F)F)c1. The van der Waals surface area contributed by atoms with Crippen LogP contribution in [0.1, 0.15) is 6.55 Å². The number of alkyl halides is 2. The Morgan fingerprint density at radius 3 is 2.67 bits per heavy atom. The van der Waals surface area contributed by atoms with Crippen molar-refractivity contribution in [3.05, 3.63) is 48.5 Å². The number of nitrogens with two attached hydrogens (primary N) is 1. The standard InChI is InChI=1S/C16H14F2N4O3S2/c17-15(18)22-13-7-2-1-6-12(13)21-16(22)26-9-14(23)20-10-4-3-5-11(8-10)27(19,24)25/h1-8,15H,9H2,(H,20,23)(H2,19,24,25). The van der Waals surface area contributed by atoms with Crippen LogP contribution in [0.25, 0.3) is 11.0 Å². The zero-order chi connectivity index (χ0) is 19.6. The number of amides is 1. The number of halogens is 2. The minimum atomic E-state index is -3.90. The van der Waals surface area contributed by atoms with Gasteiger partial charge in [-0.2, -0.15) is 8.78 Å². The molecular formula is C16H14F2N4O3S2. The van der Waals surface area contributed by atoms with Gasteiger partial charge in [0.1, 0.15) is 0 Å². The number of anilines is 1. The summed E-state index contributed by atoms with van der Waals surface area (Å²) in [6.45, 7) is -2.80. The van der Waals surface area contributed by atoms with Crippen LogP contribution in [-0.4, -0.2) is 29.6 Å². The second-order valence-electron chi connectivity index (χ2n) is 5.44. The number of hydrogen-bond acceptors (Lipinski definition) is 5. The Balaban J connectivity index is 1.73. The van der Waals surface area contributed by atoms with Crippen molar-refractivity contribution in [3.63, 3.8) is 0 Å². The van der Waals surface area contributed by atoms with Crippen molar-refractivity contribution >= 4 is 44.4 Å². The number of benzene rings is 2. The number of carbonyl (C=O) groups is 1. The molecule has 3 N–H and O–H groups in total. The Hall–Kier alpha value is -2.50. The molecule has 11 heteroatoms. The smallest absolute Gasteiger partial charge is 0.321 e. The topological polar surface area (TPSA) is 107 Å². The molecule has 142 valence electrons. The lowest BCUT2D eigenvalue weighted by molar-refractivity contribution is -0.113. The zero-order valence-electron chi connectivity index (χ0n) is 13.7. The van der Waals surface area contributed by atoms with Crippen molar-refractivity contribution in [2.75, 3.05) is 11.1 Å². The fraction of sp³-hybridized carbons (Fsp3) is 0.125. The van der Waals surface area contributed by atoms with Crippen molar-refractivity contribution in [1.29, 1.82) is 0 Å². The van der Waals surface area contributed by atoms with Gasteiger partial charge in [-0.25, -0.2) is 18.5 Å². The molecule has 3 rings (SSSR count). The van der Waals surface area contributed by atoms with Gasteiger partial charge in [0.25, 0.3) is 0 Å². The van der Waals surface area contributed by atoms with Crippen LogP contribution in [0.4, 0.5) is 14.5 Å². The average molecular weight is 412 g/mol. The number of hydrogen-bond donors (Lipinski definition) is 2. The summed E-state index contributed by atoms with van der Waals surface area (Å²) in [6.07, 6.45) is 0. The number of nitrogens with one attached hydrogen (secondary N) is 1. The molecule has 0 saturated carbocycles. The van der Waals surface area contributed by atoms with Crippen LogP contribution < -0.4 is 10.5 Å². The van der Waals surface area contributed by atoms with E-state index in [9.17, 15) is 22.0 Å². The molecule has 1 heterocycles. The molecule has 1 aromatic heterocycles. The lowest BCUT2D eigenvalue weighted by Crippen LogP contribution is -2.16. The third-order valence-electron chi connectivity index (χ3n) is 3.54. The molecule has 0 spiro atoms. The lowest BCUT2D eigenvalue weighted by Gasteiger charge is -2.08. The van der Waals surface area contributed by atoms with Crippen LogP contribution in [0.3, 0.4) is 0 Å². The maximum absolute atomic E-state index is 13.4. The van der Waals surface area contributed by atoms with Crippen molar-refractivity contribution in [2.45, 2.75) is 16.6 Å². The third-order valence-corrected chi connectivity index (χ3v) is 5.40. The van der Waals surface area contributed by atoms with E-state index in [0.717, 1.165) is 16.3 Å². The Morgan fingerprint density at radius 2 is 1.96 bits per heavy atom. The molecule has 0 aliphatic rings. The monoisotopic (exact) mass is 412 g/mol. The Labute approximate surface area is 157 Å². The number of nitrogens with zero attached hydrogens (tertiary/aromatic N) is 2. The van der Waals surface area contributed by atoms with Gasteiger partial charge in [0.15, 0.2) is 5.16 Å². The van der Waals surface area contributed by atoms with E-state index in [1.54, 1.807) is 18.2 Å². The molecule has 0 aliphatic carbocycles. The first-order chi connectivity index (χ1) is 12.8. The van der Waals surface area contributed by atoms with Crippen LogP contribution in [0.2, 0.25) is 0 Å². The van der Waals surface area contributed by atoms with Crippen molar-refractivity contribution in [2.24, 2.45) is 5.14 Å². The summed E-state index contributed by atoms with van der Waals surface area (Å²) in [5, 5.41) is 7.56. The normalized spacial score (nSPS) is 11.9. The molecule has 0 fully saturated rings. The van der Waals surface area contributed by atoms with Crippen molar-refractivity contribution in [3.8, 4) is 0 Å². The third kappa shape index (κ3) is 4.43. The number of carbonyl (C=O) groups excluding carboxylic acids is 1. The quantitative estimate of drug-likeness (QED) is 0.606. The molecule has 2 aromatic carbocycles. The molecule has 1 amide bonds. The summed E-state index contributed by atoms with van der Waals surface area (Å²) in [6, 6.07) is 11.9. The van der Waals surface area contributed by atoms with Crippen molar-refractivity contribution < 1.29 is 22.0 Å². The highest BCUT2D eigenvalue weighted by atomic mass is 32.2. The van der Waals surface area contributed by atoms with Gasteiger partial charge >= 0.3 is 6.55 Å². The number of para-hydroxylation sites is 2. The molecule has 0 atom stereocenters. The lowest BCUT2D eigenvalue weighted by atomic mass is 10.3. The van der Waals surface area contributed by atoms with Crippen LogP contribution in [0.5, 0.6) is 0 Å². The molecule has 0 aliphatic heterocycles. The van der Waals surface area contributed by atoms with E-state index >= 15 is 0 Å². The summed E-state index contributed by atoms with van der Waals surface area (Å²) in [5.74, 6) is -0.685. The van der Waals surface area contributed by atoms with Crippen LogP contribution >= 0.6 is 11.8 Å². The molecule has 0 radical (unpaired) electrons. The summed E-state index contributed by atoms with van der Waals surface area (Å²) >= 11 is 0.855. The molecule has 0 unspecified atom stereocenters. The van der Waals surface area contributed by atoms with Gasteiger partial charge in [-0.3, -0.25) is 9.36 Å². The number of sulfonamides is 1. The van der Waals surface area contributed by atoms with E-state index in [2.05, 4.69) is 10.3 Å². The number of rotatable bonds is 6. The van der Waals surface area contributed by atoms with E-state index in [1.807, 2.05) is 0 Å². The van der Waals surface area contributed by atoms with E-state index in [1.165, 1.54) is 30.3 Å². The van der Waals surface area contributed by atoms with Gasteiger partial charge in [-0.05, 0) is 30.3 Å². The number of imidazole rings is 1. The summed E-state index contributed by atoms with van der Waals surface area (Å²) in [5.41, 5.74) is 0.910. The first-order valence-electron chi connectivity index (χ1n) is 7.56. The largest absolute Gasteiger partial charge is 0.325 e. The van der Waals surface area contributed by atoms with E-state index < -0.39 is 22.5 Å². The average Bonchev–Trinajstić information content (AvgIpc) is 2.98.